The second-order valence-corrected chi connectivity index (χ2v) is 7.41. The Labute approximate surface area is 177 Å². The lowest BCUT2D eigenvalue weighted by Gasteiger charge is -2.15. The SMILES string of the molecule is O=C(Cc1ccccc1Cl)Nc1ccc(COc2cnn(C(F)F)c2)c(S(=O)[O-])c1. The second-order valence-electron chi connectivity index (χ2n) is 6.10. The fourth-order valence-electron chi connectivity index (χ4n) is 2.59. The first-order valence-corrected chi connectivity index (χ1v) is 9.99. The van der Waals surface area contributed by atoms with Crippen LogP contribution in [0.4, 0.5) is 14.5 Å². The van der Waals surface area contributed by atoms with Gasteiger partial charge in [0.05, 0.1) is 18.8 Å². The van der Waals surface area contributed by atoms with Crippen molar-refractivity contribution < 1.29 is 27.1 Å². The third-order valence-corrected chi connectivity index (χ3v) is 5.12. The van der Waals surface area contributed by atoms with Gasteiger partial charge in [0.1, 0.15) is 6.61 Å². The number of rotatable bonds is 8. The topological polar surface area (TPSA) is 96.3 Å². The summed E-state index contributed by atoms with van der Waals surface area (Å²) < 4.78 is 54.0. The minimum absolute atomic E-state index is 0.0223. The highest BCUT2D eigenvalue weighted by Crippen LogP contribution is 2.23. The largest absolute Gasteiger partial charge is 0.768 e. The van der Waals surface area contributed by atoms with Gasteiger partial charge in [0.15, 0.2) is 5.75 Å². The summed E-state index contributed by atoms with van der Waals surface area (Å²) in [5.41, 5.74) is 1.21. The number of carbonyl (C=O) groups is 1. The molecule has 3 rings (SSSR count). The van der Waals surface area contributed by atoms with Crippen molar-refractivity contribution >= 4 is 34.3 Å². The maximum Gasteiger partial charge on any atom is 0.333 e. The van der Waals surface area contributed by atoms with Gasteiger partial charge in [-0.3, -0.25) is 9.00 Å². The lowest BCUT2D eigenvalue weighted by Crippen LogP contribution is -2.15. The van der Waals surface area contributed by atoms with Gasteiger partial charge in [-0.1, -0.05) is 35.9 Å². The molecule has 0 aliphatic carbocycles. The summed E-state index contributed by atoms with van der Waals surface area (Å²) in [6, 6.07) is 11.2. The molecule has 1 aromatic heterocycles. The van der Waals surface area contributed by atoms with Crippen LogP contribution in [0, 0.1) is 0 Å². The van der Waals surface area contributed by atoms with Gasteiger partial charge in [0, 0.05) is 21.2 Å². The van der Waals surface area contributed by atoms with Crippen molar-refractivity contribution in [1.29, 1.82) is 0 Å². The quantitative estimate of drug-likeness (QED) is 0.520. The zero-order chi connectivity index (χ0) is 21.7. The third kappa shape index (κ3) is 5.62. The molecule has 1 amide bonds. The van der Waals surface area contributed by atoms with E-state index in [1.807, 2.05) is 0 Å². The Hall–Kier alpha value is -2.82. The summed E-state index contributed by atoms with van der Waals surface area (Å²) >= 11 is 3.43. The number of hydrogen-bond acceptors (Lipinski definition) is 5. The number of ether oxygens (including phenoxy) is 1. The predicted octanol–water partition coefficient (Wildman–Crippen LogP) is 3.93. The van der Waals surface area contributed by atoms with Crippen LogP contribution < -0.4 is 10.1 Å². The van der Waals surface area contributed by atoms with Crippen LogP contribution in [-0.2, 0) is 28.9 Å². The number of amides is 1. The number of nitrogens with zero attached hydrogens (tertiary/aromatic N) is 2. The van der Waals surface area contributed by atoms with Crippen molar-refractivity contribution in [2.75, 3.05) is 5.32 Å². The average Bonchev–Trinajstić information content (AvgIpc) is 3.18. The van der Waals surface area contributed by atoms with E-state index in [1.54, 1.807) is 24.3 Å². The Kier molecular flexibility index (Phi) is 7.14. The molecule has 0 radical (unpaired) electrons. The Morgan fingerprint density at radius 2 is 2.03 bits per heavy atom. The highest BCUT2D eigenvalue weighted by atomic mass is 35.5. The maximum atomic E-state index is 12.5. The fraction of sp³-hybridized carbons (Fsp3) is 0.158. The van der Waals surface area contributed by atoms with Gasteiger partial charge < -0.3 is 14.6 Å². The smallest absolute Gasteiger partial charge is 0.333 e. The van der Waals surface area contributed by atoms with Crippen LogP contribution in [0.15, 0.2) is 59.8 Å². The first kappa shape index (κ1) is 21.9. The van der Waals surface area contributed by atoms with E-state index in [9.17, 15) is 22.3 Å². The number of benzene rings is 2. The molecular formula is C19H15ClF2N3O4S-. The molecule has 11 heteroatoms. The van der Waals surface area contributed by atoms with Crippen molar-refractivity contribution in [2.24, 2.45) is 0 Å². The van der Waals surface area contributed by atoms with E-state index in [1.165, 1.54) is 18.2 Å². The van der Waals surface area contributed by atoms with Crippen molar-refractivity contribution in [3.8, 4) is 5.75 Å². The normalized spacial score (nSPS) is 12.0. The summed E-state index contributed by atoms with van der Waals surface area (Å²) in [5.74, 6) is -0.302. The van der Waals surface area contributed by atoms with Gasteiger partial charge in [-0.05, 0) is 34.8 Å². The highest BCUT2D eigenvalue weighted by molar-refractivity contribution is 7.79. The number of anilines is 1. The van der Waals surface area contributed by atoms with E-state index in [-0.39, 0.29) is 40.8 Å². The number of aromatic nitrogens is 2. The Morgan fingerprint density at radius 1 is 1.27 bits per heavy atom. The number of hydrogen-bond donors (Lipinski definition) is 1. The standard InChI is InChI=1S/C19H16ClF2N3O4S/c20-16-4-2-1-3-12(16)7-18(26)24-14-6-5-13(17(8-14)30(27)28)11-29-15-9-23-25(10-15)19(21)22/h1-6,8-10,19H,7,11H2,(H,24,26)(H,27,28)/p-1. The molecule has 158 valence electrons. The summed E-state index contributed by atoms with van der Waals surface area (Å²) in [5, 5.41) is 6.51. The van der Waals surface area contributed by atoms with Gasteiger partial charge in [0.25, 0.3) is 0 Å². The molecule has 0 saturated heterocycles. The zero-order valence-corrected chi connectivity index (χ0v) is 16.8. The van der Waals surface area contributed by atoms with E-state index in [0.29, 0.717) is 15.3 Å². The molecule has 3 aromatic rings. The van der Waals surface area contributed by atoms with Crippen molar-refractivity contribution in [3.63, 3.8) is 0 Å². The third-order valence-electron chi connectivity index (χ3n) is 4.01. The molecule has 0 saturated carbocycles. The molecule has 30 heavy (non-hydrogen) atoms. The van der Waals surface area contributed by atoms with Gasteiger partial charge in [-0.25, -0.2) is 4.68 Å². The van der Waals surface area contributed by atoms with E-state index >= 15 is 0 Å². The van der Waals surface area contributed by atoms with Crippen LogP contribution in [0.3, 0.4) is 0 Å². The molecule has 1 N–H and O–H groups in total. The number of nitrogens with one attached hydrogen (secondary N) is 1. The Balaban J connectivity index is 1.69. The molecule has 1 unspecified atom stereocenters. The first-order valence-electron chi connectivity index (χ1n) is 8.54. The highest BCUT2D eigenvalue weighted by Gasteiger charge is 2.12. The number of carbonyl (C=O) groups excluding carboxylic acids is 1. The predicted molar refractivity (Wildman–Crippen MR) is 105 cm³/mol. The van der Waals surface area contributed by atoms with Crippen molar-refractivity contribution in [1.82, 2.24) is 9.78 Å². The minimum atomic E-state index is -2.80. The lowest BCUT2D eigenvalue weighted by atomic mass is 10.1. The van der Waals surface area contributed by atoms with Crippen LogP contribution in [0.2, 0.25) is 5.02 Å². The van der Waals surface area contributed by atoms with E-state index in [2.05, 4.69) is 10.4 Å². The zero-order valence-electron chi connectivity index (χ0n) is 15.3. The monoisotopic (exact) mass is 454 g/mol. The van der Waals surface area contributed by atoms with Crippen LogP contribution >= 0.6 is 11.6 Å². The molecule has 1 atom stereocenters. The van der Waals surface area contributed by atoms with Gasteiger partial charge in [-0.15, -0.1) is 0 Å². The second kappa shape index (κ2) is 9.79. The van der Waals surface area contributed by atoms with E-state index in [4.69, 9.17) is 16.3 Å². The molecular weight excluding hydrogens is 440 g/mol. The van der Waals surface area contributed by atoms with E-state index < -0.39 is 17.6 Å². The molecule has 0 aliphatic heterocycles. The molecule has 0 fully saturated rings. The van der Waals surface area contributed by atoms with Crippen LogP contribution in [0.25, 0.3) is 0 Å². The maximum absolute atomic E-state index is 12.5. The summed E-state index contributed by atoms with van der Waals surface area (Å²) in [6.07, 6.45) is 2.12. The van der Waals surface area contributed by atoms with Crippen molar-refractivity contribution in [2.45, 2.75) is 24.5 Å². The average molecular weight is 455 g/mol. The molecule has 7 nitrogen and oxygen atoms in total. The Morgan fingerprint density at radius 3 is 2.70 bits per heavy atom. The number of alkyl halides is 2. The van der Waals surface area contributed by atoms with Crippen molar-refractivity contribution in [3.05, 3.63) is 71.0 Å². The molecule has 2 aromatic carbocycles. The molecule has 1 heterocycles. The van der Waals surface area contributed by atoms with Crippen LogP contribution in [-0.4, -0.2) is 24.4 Å². The molecule has 0 bridgehead atoms. The van der Waals surface area contributed by atoms with E-state index in [0.717, 1.165) is 12.4 Å². The van der Waals surface area contributed by atoms with Gasteiger partial charge in [-0.2, -0.15) is 13.9 Å². The van der Waals surface area contributed by atoms with Gasteiger partial charge >= 0.3 is 6.55 Å². The van der Waals surface area contributed by atoms with Crippen LogP contribution in [0.5, 0.6) is 5.75 Å². The summed E-state index contributed by atoms with van der Waals surface area (Å²) in [7, 11) is 0. The van der Waals surface area contributed by atoms with Crippen LogP contribution in [0.1, 0.15) is 17.7 Å². The lowest BCUT2D eigenvalue weighted by molar-refractivity contribution is -0.115. The van der Waals surface area contributed by atoms with Gasteiger partial charge in [0.2, 0.25) is 5.91 Å². The Bertz CT molecular complexity index is 1080. The minimum Gasteiger partial charge on any atom is -0.768 e. The fourth-order valence-corrected chi connectivity index (χ4v) is 3.36. The first-order chi connectivity index (χ1) is 14.3. The number of halogens is 3. The molecule has 0 aliphatic rings. The molecule has 0 spiro atoms. The summed E-state index contributed by atoms with van der Waals surface area (Å²) in [6.45, 7) is -2.99. The summed E-state index contributed by atoms with van der Waals surface area (Å²) in [4.78, 5) is 12.2.